The summed E-state index contributed by atoms with van der Waals surface area (Å²) >= 11 is 5.55. The summed E-state index contributed by atoms with van der Waals surface area (Å²) in [4.78, 5) is 0. The second-order valence-corrected chi connectivity index (χ2v) is 5.00. The third-order valence-corrected chi connectivity index (χ3v) is 3.38. The van der Waals surface area contributed by atoms with Crippen molar-refractivity contribution in [1.82, 2.24) is 0 Å². The van der Waals surface area contributed by atoms with E-state index in [1.165, 1.54) is 23.3 Å². The van der Waals surface area contributed by atoms with Crippen molar-refractivity contribution in [1.29, 1.82) is 0 Å². The molecule has 0 heterocycles. The molecule has 1 nitrogen and oxygen atoms in total. The standard InChI is InChI=1S/C18H16ClFO/c1-13-5-3-6-14(2)17(13)12-21-18-9-8-16(20)11-15(18)7-4-10-19/h3,5-6,8-9,11H,10,12H2,1-2H3. The highest BCUT2D eigenvalue weighted by molar-refractivity contribution is 6.19. The topological polar surface area (TPSA) is 9.23 Å². The molecule has 0 bridgehead atoms. The maximum Gasteiger partial charge on any atom is 0.135 e. The van der Waals surface area contributed by atoms with Crippen molar-refractivity contribution in [3.05, 3.63) is 64.5 Å². The van der Waals surface area contributed by atoms with E-state index in [2.05, 4.69) is 11.8 Å². The van der Waals surface area contributed by atoms with Gasteiger partial charge in [-0.3, -0.25) is 0 Å². The van der Waals surface area contributed by atoms with E-state index in [4.69, 9.17) is 16.3 Å². The van der Waals surface area contributed by atoms with Crippen molar-refractivity contribution in [2.45, 2.75) is 20.5 Å². The number of benzene rings is 2. The van der Waals surface area contributed by atoms with Crippen molar-refractivity contribution in [3.63, 3.8) is 0 Å². The number of hydrogen-bond donors (Lipinski definition) is 0. The smallest absolute Gasteiger partial charge is 0.135 e. The van der Waals surface area contributed by atoms with Gasteiger partial charge in [0.05, 0.1) is 11.4 Å². The third kappa shape index (κ3) is 4.00. The molecule has 0 aliphatic heterocycles. The first-order chi connectivity index (χ1) is 10.1. The molecule has 0 aliphatic carbocycles. The van der Waals surface area contributed by atoms with Crippen LogP contribution in [0.2, 0.25) is 0 Å². The van der Waals surface area contributed by atoms with E-state index in [0.717, 1.165) is 5.56 Å². The number of hydrogen-bond acceptors (Lipinski definition) is 1. The number of alkyl halides is 1. The van der Waals surface area contributed by atoms with Crippen LogP contribution in [0.5, 0.6) is 5.75 Å². The van der Waals surface area contributed by atoms with Crippen molar-refractivity contribution in [3.8, 4) is 17.6 Å². The minimum Gasteiger partial charge on any atom is -0.488 e. The summed E-state index contributed by atoms with van der Waals surface area (Å²) in [6.07, 6.45) is 0. The molecule has 0 spiro atoms. The van der Waals surface area contributed by atoms with Gasteiger partial charge in [0.15, 0.2) is 0 Å². The minimum absolute atomic E-state index is 0.201. The Morgan fingerprint density at radius 3 is 2.52 bits per heavy atom. The van der Waals surface area contributed by atoms with Gasteiger partial charge in [-0.2, -0.15) is 0 Å². The maximum absolute atomic E-state index is 13.3. The van der Waals surface area contributed by atoms with Crippen molar-refractivity contribution in [2.24, 2.45) is 0 Å². The molecule has 0 saturated carbocycles. The van der Waals surface area contributed by atoms with E-state index < -0.39 is 0 Å². The van der Waals surface area contributed by atoms with Gasteiger partial charge in [-0.05, 0) is 48.7 Å². The van der Waals surface area contributed by atoms with Crippen LogP contribution in [0.15, 0.2) is 36.4 Å². The molecule has 0 saturated heterocycles. The highest BCUT2D eigenvalue weighted by Gasteiger charge is 2.07. The zero-order valence-corrected chi connectivity index (χ0v) is 12.8. The summed E-state index contributed by atoms with van der Waals surface area (Å²) in [6, 6.07) is 10.4. The van der Waals surface area contributed by atoms with Gasteiger partial charge in [-0.1, -0.05) is 30.0 Å². The Balaban J connectivity index is 2.24. The van der Waals surface area contributed by atoms with Gasteiger partial charge in [-0.15, -0.1) is 11.6 Å². The van der Waals surface area contributed by atoms with Crippen LogP contribution >= 0.6 is 11.6 Å². The van der Waals surface area contributed by atoms with Gasteiger partial charge >= 0.3 is 0 Å². The van der Waals surface area contributed by atoms with E-state index in [0.29, 0.717) is 17.9 Å². The molecule has 0 aliphatic rings. The first kappa shape index (κ1) is 15.4. The van der Waals surface area contributed by atoms with Gasteiger partial charge in [0.25, 0.3) is 0 Å². The number of ether oxygens (including phenoxy) is 1. The highest BCUT2D eigenvalue weighted by atomic mass is 35.5. The van der Waals surface area contributed by atoms with Crippen molar-refractivity contribution >= 4 is 11.6 Å². The lowest BCUT2D eigenvalue weighted by atomic mass is 10.0. The predicted molar refractivity (Wildman–Crippen MR) is 84.2 cm³/mol. The summed E-state index contributed by atoms with van der Waals surface area (Å²) in [5, 5.41) is 0. The molecule has 0 amide bonds. The lowest BCUT2D eigenvalue weighted by Gasteiger charge is -2.12. The van der Waals surface area contributed by atoms with Gasteiger partial charge in [0.2, 0.25) is 0 Å². The summed E-state index contributed by atoms with van der Waals surface area (Å²) in [6.45, 7) is 4.52. The Kier molecular flexibility index (Phi) is 5.25. The first-order valence-electron chi connectivity index (χ1n) is 6.64. The zero-order valence-electron chi connectivity index (χ0n) is 12.0. The number of aryl methyl sites for hydroxylation is 2. The van der Waals surface area contributed by atoms with Crippen LogP contribution in [0.1, 0.15) is 22.3 Å². The minimum atomic E-state index is -0.340. The van der Waals surface area contributed by atoms with Gasteiger partial charge in [-0.25, -0.2) is 4.39 Å². The number of halogens is 2. The van der Waals surface area contributed by atoms with Crippen LogP contribution in [0.3, 0.4) is 0 Å². The summed E-state index contributed by atoms with van der Waals surface area (Å²) in [7, 11) is 0. The molecular weight excluding hydrogens is 287 g/mol. The van der Waals surface area contributed by atoms with Crippen LogP contribution < -0.4 is 4.74 Å². The fraction of sp³-hybridized carbons (Fsp3) is 0.222. The monoisotopic (exact) mass is 302 g/mol. The molecule has 0 unspecified atom stereocenters. The van der Waals surface area contributed by atoms with E-state index in [1.807, 2.05) is 32.0 Å². The highest BCUT2D eigenvalue weighted by Crippen LogP contribution is 2.22. The quantitative estimate of drug-likeness (QED) is 0.594. The largest absolute Gasteiger partial charge is 0.488 e. The van der Waals surface area contributed by atoms with Crippen molar-refractivity contribution in [2.75, 3.05) is 5.88 Å². The molecule has 0 atom stereocenters. The molecule has 21 heavy (non-hydrogen) atoms. The molecule has 2 rings (SSSR count). The van der Waals surface area contributed by atoms with Gasteiger partial charge < -0.3 is 4.74 Å². The molecule has 2 aromatic carbocycles. The molecule has 0 radical (unpaired) electrons. The van der Waals surface area contributed by atoms with Crippen LogP contribution in [0.25, 0.3) is 0 Å². The third-order valence-electron chi connectivity index (χ3n) is 3.25. The molecule has 0 fully saturated rings. The molecule has 2 aromatic rings. The molecule has 3 heteroatoms. The Morgan fingerprint density at radius 1 is 1.14 bits per heavy atom. The average Bonchev–Trinajstić information content (AvgIpc) is 2.46. The fourth-order valence-electron chi connectivity index (χ4n) is 2.08. The van der Waals surface area contributed by atoms with Crippen LogP contribution in [-0.2, 0) is 6.61 Å². The SMILES string of the molecule is Cc1cccc(C)c1COc1ccc(F)cc1C#CCCl. The normalized spacial score (nSPS) is 9.90. The second kappa shape index (κ2) is 7.15. The fourth-order valence-corrected chi connectivity index (χ4v) is 2.15. The number of rotatable bonds is 3. The second-order valence-electron chi connectivity index (χ2n) is 4.73. The first-order valence-corrected chi connectivity index (χ1v) is 7.17. The Morgan fingerprint density at radius 2 is 1.86 bits per heavy atom. The molecular formula is C18H16ClFO. The molecule has 0 aromatic heterocycles. The maximum atomic E-state index is 13.3. The van der Waals surface area contributed by atoms with Crippen LogP contribution in [0, 0.1) is 31.5 Å². The Hall–Kier alpha value is -1.98. The van der Waals surface area contributed by atoms with Gasteiger partial charge in [0, 0.05) is 0 Å². The lowest BCUT2D eigenvalue weighted by Crippen LogP contribution is -2.02. The average molecular weight is 303 g/mol. The Bertz CT molecular complexity index is 678. The van der Waals surface area contributed by atoms with E-state index in [9.17, 15) is 4.39 Å². The van der Waals surface area contributed by atoms with E-state index >= 15 is 0 Å². The Labute approximate surface area is 129 Å². The van der Waals surface area contributed by atoms with Crippen molar-refractivity contribution < 1.29 is 9.13 Å². The summed E-state index contributed by atoms with van der Waals surface area (Å²) < 4.78 is 19.1. The van der Waals surface area contributed by atoms with Gasteiger partial charge in [0.1, 0.15) is 18.2 Å². The van der Waals surface area contributed by atoms with E-state index in [1.54, 1.807) is 6.07 Å². The predicted octanol–water partition coefficient (Wildman–Crippen LogP) is 4.61. The van der Waals surface area contributed by atoms with E-state index in [-0.39, 0.29) is 11.7 Å². The zero-order chi connectivity index (χ0) is 15.2. The lowest BCUT2D eigenvalue weighted by molar-refractivity contribution is 0.303. The molecule has 108 valence electrons. The van der Waals surface area contributed by atoms with Crippen LogP contribution in [-0.4, -0.2) is 5.88 Å². The molecule has 0 N–H and O–H groups in total. The summed E-state index contributed by atoms with van der Waals surface area (Å²) in [5.74, 6) is 5.97. The van der Waals surface area contributed by atoms with Crippen LogP contribution in [0.4, 0.5) is 4.39 Å². The summed E-state index contributed by atoms with van der Waals surface area (Å²) in [5.41, 5.74) is 4.00.